The molecular weight excluding hydrogens is 449 g/mol. The van der Waals surface area contributed by atoms with Crippen molar-refractivity contribution in [2.24, 2.45) is 12.0 Å². The highest BCUT2D eigenvalue weighted by Crippen LogP contribution is 2.15. The lowest BCUT2D eigenvalue weighted by Gasteiger charge is -2.13. The Labute approximate surface area is 181 Å². The van der Waals surface area contributed by atoms with Gasteiger partial charge in [-0.2, -0.15) is 5.10 Å². The Kier molecular flexibility index (Phi) is 10.4. The van der Waals surface area contributed by atoms with Gasteiger partial charge in [0.15, 0.2) is 5.96 Å². The Hall–Kier alpha value is -1.57. The largest absolute Gasteiger partial charge is 0.357 e. The van der Waals surface area contributed by atoms with Crippen LogP contribution in [-0.2, 0) is 39.4 Å². The highest BCUT2D eigenvalue weighted by atomic mass is 127. The molecule has 0 saturated carbocycles. The summed E-state index contributed by atoms with van der Waals surface area (Å²) < 4.78 is 2.01. The van der Waals surface area contributed by atoms with Gasteiger partial charge in [-0.05, 0) is 37.3 Å². The first-order chi connectivity index (χ1) is 12.6. The lowest BCUT2D eigenvalue weighted by atomic mass is 10.1. The molecule has 27 heavy (non-hydrogen) atoms. The molecule has 1 heterocycles. The van der Waals surface area contributed by atoms with Gasteiger partial charge in [0.25, 0.3) is 0 Å². The zero-order valence-corrected chi connectivity index (χ0v) is 19.6. The molecule has 0 aliphatic heterocycles. The molecule has 0 bridgehead atoms. The minimum absolute atomic E-state index is 0. The summed E-state index contributed by atoms with van der Waals surface area (Å²) in [6.07, 6.45) is 2.96. The number of aromatic nitrogens is 2. The van der Waals surface area contributed by atoms with Crippen molar-refractivity contribution in [2.75, 3.05) is 6.54 Å². The molecule has 0 radical (unpaired) electrons. The minimum Gasteiger partial charge on any atom is -0.357 e. The Morgan fingerprint density at radius 2 is 1.70 bits per heavy atom. The van der Waals surface area contributed by atoms with E-state index in [1.807, 2.05) is 11.7 Å². The summed E-state index contributed by atoms with van der Waals surface area (Å²) in [7, 11) is 2.03. The van der Waals surface area contributed by atoms with E-state index in [1.54, 1.807) is 0 Å². The molecule has 150 valence electrons. The smallest absolute Gasteiger partial charge is 0.191 e. The molecule has 1 aromatic heterocycles. The summed E-state index contributed by atoms with van der Waals surface area (Å²) in [6.45, 7) is 10.9. The standard InChI is InChI=1S/C21H33N5.HI/c1-6-16-12-10-11-13-17(16)14-23-21(22-9-4)24-15-18-19(7-2)25-26(5)20(18)8-3;/h10-13H,6-9,14-15H2,1-5H3,(H2,22,23,24);1H. The predicted octanol–water partition coefficient (Wildman–Crippen LogP) is 3.98. The van der Waals surface area contributed by atoms with Gasteiger partial charge in [0.05, 0.1) is 12.2 Å². The van der Waals surface area contributed by atoms with Crippen LogP contribution >= 0.6 is 24.0 Å². The van der Waals surface area contributed by atoms with Crippen LogP contribution in [0.25, 0.3) is 0 Å². The molecule has 0 spiro atoms. The van der Waals surface area contributed by atoms with Crippen LogP contribution in [0, 0.1) is 0 Å². The second-order valence-electron chi connectivity index (χ2n) is 6.37. The number of nitrogens with one attached hydrogen (secondary N) is 2. The van der Waals surface area contributed by atoms with Gasteiger partial charge in [-0.3, -0.25) is 4.68 Å². The zero-order valence-electron chi connectivity index (χ0n) is 17.3. The summed E-state index contributed by atoms with van der Waals surface area (Å²) in [5.74, 6) is 0.853. The Morgan fingerprint density at radius 3 is 2.30 bits per heavy atom. The molecule has 0 amide bonds. The topological polar surface area (TPSA) is 54.2 Å². The number of halogens is 1. The maximum absolute atomic E-state index is 4.79. The monoisotopic (exact) mass is 483 g/mol. The van der Waals surface area contributed by atoms with E-state index in [-0.39, 0.29) is 24.0 Å². The third-order valence-electron chi connectivity index (χ3n) is 4.71. The summed E-state index contributed by atoms with van der Waals surface area (Å²) in [6, 6.07) is 8.52. The van der Waals surface area contributed by atoms with Crippen LogP contribution in [-0.4, -0.2) is 22.3 Å². The highest BCUT2D eigenvalue weighted by Gasteiger charge is 2.13. The molecule has 0 aliphatic rings. The minimum atomic E-state index is 0. The van der Waals surface area contributed by atoms with E-state index in [1.165, 1.54) is 28.1 Å². The van der Waals surface area contributed by atoms with Gasteiger partial charge < -0.3 is 10.6 Å². The molecule has 0 aliphatic carbocycles. The van der Waals surface area contributed by atoms with Crippen molar-refractivity contribution < 1.29 is 0 Å². The van der Waals surface area contributed by atoms with Crippen LogP contribution in [0.4, 0.5) is 0 Å². The number of guanidine groups is 1. The lowest BCUT2D eigenvalue weighted by Crippen LogP contribution is -2.37. The first kappa shape index (κ1) is 23.5. The molecular formula is C21H34IN5. The van der Waals surface area contributed by atoms with E-state index in [4.69, 9.17) is 4.99 Å². The van der Waals surface area contributed by atoms with Gasteiger partial charge in [0.1, 0.15) is 0 Å². The number of aliphatic imine (C=N–C) groups is 1. The zero-order chi connectivity index (χ0) is 18.9. The molecule has 6 heteroatoms. The van der Waals surface area contributed by atoms with E-state index < -0.39 is 0 Å². The van der Waals surface area contributed by atoms with E-state index in [2.05, 4.69) is 67.7 Å². The molecule has 2 rings (SSSR count). The molecule has 0 saturated heterocycles. The molecule has 1 aromatic carbocycles. The van der Waals surface area contributed by atoms with Crippen molar-refractivity contribution >= 4 is 29.9 Å². The fraction of sp³-hybridized carbons (Fsp3) is 0.524. The third kappa shape index (κ3) is 6.23. The van der Waals surface area contributed by atoms with Gasteiger partial charge in [-0.15, -0.1) is 24.0 Å². The van der Waals surface area contributed by atoms with E-state index >= 15 is 0 Å². The van der Waals surface area contributed by atoms with Crippen LogP contribution in [0.3, 0.4) is 0 Å². The van der Waals surface area contributed by atoms with E-state index in [0.29, 0.717) is 6.54 Å². The molecule has 5 nitrogen and oxygen atoms in total. The van der Waals surface area contributed by atoms with Gasteiger partial charge in [-0.25, -0.2) is 4.99 Å². The molecule has 2 aromatic rings. The van der Waals surface area contributed by atoms with E-state index in [9.17, 15) is 0 Å². The Morgan fingerprint density at radius 1 is 1.00 bits per heavy atom. The number of nitrogens with zero attached hydrogens (tertiary/aromatic N) is 3. The number of benzene rings is 1. The summed E-state index contributed by atoms with van der Waals surface area (Å²) >= 11 is 0. The van der Waals surface area contributed by atoms with Crippen molar-refractivity contribution in [3.8, 4) is 0 Å². The maximum Gasteiger partial charge on any atom is 0.191 e. The molecule has 2 N–H and O–H groups in total. The van der Waals surface area contributed by atoms with E-state index in [0.717, 1.165) is 38.3 Å². The van der Waals surface area contributed by atoms with Crippen molar-refractivity contribution in [1.82, 2.24) is 20.4 Å². The van der Waals surface area contributed by atoms with Crippen LogP contribution in [0.15, 0.2) is 29.3 Å². The quantitative estimate of drug-likeness (QED) is 0.339. The second kappa shape index (κ2) is 12.0. The van der Waals surface area contributed by atoms with Crippen molar-refractivity contribution in [3.05, 3.63) is 52.3 Å². The van der Waals surface area contributed by atoms with Crippen molar-refractivity contribution in [1.29, 1.82) is 0 Å². The normalized spacial score (nSPS) is 11.2. The molecule has 0 unspecified atom stereocenters. The highest BCUT2D eigenvalue weighted by molar-refractivity contribution is 14.0. The van der Waals surface area contributed by atoms with Gasteiger partial charge in [-0.1, -0.05) is 45.0 Å². The summed E-state index contributed by atoms with van der Waals surface area (Å²) in [4.78, 5) is 4.79. The van der Waals surface area contributed by atoms with Gasteiger partial charge >= 0.3 is 0 Å². The van der Waals surface area contributed by atoms with Crippen LogP contribution in [0.1, 0.15) is 55.8 Å². The summed E-state index contributed by atoms with van der Waals surface area (Å²) in [5, 5.41) is 11.5. The molecule has 0 fully saturated rings. The molecule has 0 atom stereocenters. The lowest BCUT2D eigenvalue weighted by molar-refractivity contribution is 0.702. The first-order valence-corrected chi connectivity index (χ1v) is 9.76. The van der Waals surface area contributed by atoms with Crippen LogP contribution < -0.4 is 10.6 Å². The Balaban J connectivity index is 0.00000364. The number of hydrogen-bond acceptors (Lipinski definition) is 2. The second-order valence-corrected chi connectivity index (χ2v) is 6.37. The Bertz CT molecular complexity index is 736. The van der Waals surface area contributed by atoms with Crippen LogP contribution in [0.2, 0.25) is 0 Å². The maximum atomic E-state index is 4.79. The average Bonchev–Trinajstić information content (AvgIpc) is 2.98. The van der Waals surface area contributed by atoms with Crippen molar-refractivity contribution in [3.63, 3.8) is 0 Å². The summed E-state index contributed by atoms with van der Waals surface area (Å²) in [5.41, 5.74) is 6.42. The van der Waals surface area contributed by atoms with Gasteiger partial charge in [0, 0.05) is 31.4 Å². The SMILES string of the molecule is CCNC(=NCc1ccccc1CC)NCc1c(CC)nn(C)c1CC.I. The predicted molar refractivity (Wildman–Crippen MR) is 125 cm³/mol. The van der Waals surface area contributed by atoms with Crippen molar-refractivity contribution in [2.45, 2.75) is 60.0 Å². The average molecular weight is 483 g/mol. The number of aryl methyl sites for hydroxylation is 3. The van der Waals surface area contributed by atoms with Gasteiger partial charge in [0.2, 0.25) is 0 Å². The third-order valence-corrected chi connectivity index (χ3v) is 4.71. The fourth-order valence-electron chi connectivity index (χ4n) is 3.33. The number of rotatable bonds is 8. The first-order valence-electron chi connectivity index (χ1n) is 9.76. The fourth-order valence-corrected chi connectivity index (χ4v) is 3.33. The number of hydrogen-bond donors (Lipinski definition) is 2. The van der Waals surface area contributed by atoms with Crippen LogP contribution in [0.5, 0.6) is 0 Å².